The zero-order chi connectivity index (χ0) is 7.40. The van der Waals surface area contributed by atoms with Crippen LogP contribution in [0.3, 0.4) is 0 Å². The highest BCUT2D eigenvalue weighted by molar-refractivity contribution is 4.84. The van der Waals surface area contributed by atoms with Crippen LogP contribution in [0.25, 0.3) is 0 Å². The van der Waals surface area contributed by atoms with Crippen LogP contribution in [0.1, 0.15) is 39.0 Å². The Kier molecular flexibility index (Phi) is 3.20. The predicted octanol–water partition coefficient (Wildman–Crippen LogP) is 2.12. The third-order valence-corrected chi connectivity index (χ3v) is 2.58. The second kappa shape index (κ2) is 3.97. The van der Waals surface area contributed by atoms with Crippen molar-refractivity contribution in [2.75, 3.05) is 0 Å². The third-order valence-electron chi connectivity index (χ3n) is 2.58. The Balaban J connectivity index is 2.24. The fourth-order valence-corrected chi connectivity index (χ4v) is 1.79. The van der Waals surface area contributed by atoms with Gasteiger partial charge < -0.3 is 5.73 Å². The first-order valence-electron chi connectivity index (χ1n) is 4.39. The van der Waals surface area contributed by atoms with Gasteiger partial charge in [-0.1, -0.05) is 26.2 Å². The third kappa shape index (κ3) is 1.98. The van der Waals surface area contributed by atoms with Crippen LogP contribution in [-0.2, 0) is 0 Å². The Morgan fingerprint density at radius 3 is 2.40 bits per heavy atom. The molecule has 1 aliphatic carbocycles. The maximum Gasteiger partial charge on any atom is 0.00961 e. The van der Waals surface area contributed by atoms with E-state index in [2.05, 4.69) is 13.3 Å². The van der Waals surface area contributed by atoms with E-state index in [1.165, 1.54) is 32.1 Å². The van der Waals surface area contributed by atoms with Gasteiger partial charge in [0.25, 0.3) is 0 Å². The molecule has 0 bridgehead atoms. The maximum absolute atomic E-state index is 5.89. The molecule has 0 aliphatic heterocycles. The first-order valence-corrected chi connectivity index (χ1v) is 4.39. The molecule has 1 fully saturated rings. The van der Waals surface area contributed by atoms with Crippen LogP contribution in [0.5, 0.6) is 0 Å². The van der Waals surface area contributed by atoms with Crippen molar-refractivity contribution in [1.29, 1.82) is 0 Å². The minimum atomic E-state index is 0.361. The van der Waals surface area contributed by atoms with Crippen LogP contribution in [-0.4, -0.2) is 6.04 Å². The lowest BCUT2D eigenvalue weighted by molar-refractivity contribution is 0.323. The lowest BCUT2D eigenvalue weighted by atomic mass is 9.83. The van der Waals surface area contributed by atoms with Gasteiger partial charge in [-0.05, 0) is 25.2 Å². The summed E-state index contributed by atoms with van der Waals surface area (Å²) in [5, 5.41) is 0. The average molecular weight is 140 g/mol. The highest BCUT2D eigenvalue weighted by Crippen LogP contribution is 2.26. The quantitative estimate of drug-likeness (QED) is 0.624. The highest BCUT2D eigenvalue weighted by atomic mass is 14.6. The standard InChI is InChI=1S/C9H18N/c1-2-9(10)8-6-4-3-5-7-8/h2,8-9H,3-7,10H2,1H3/t9-/m0/s1. The van der Waals surface area contributed by atoms with E-state index >= 15 is 0 Å². The molecule has 0 spiro atoms. The number of hydrogen-bond donors (Lipinski definition) is 1. The van der Waals surface area contributed by atoms with Crippen LogP contribution in [0.15, 0.2) is 0 Å². The largest absolute Gasteiger partial charge is 0.327 e. The molecule has 0 saturated heterocycles. The van der Waals surface area contributed by atoms with Gasteiger partial charge >= 0.3 is 0 Å². The molecule has 1 nitrogen and oxygen atoms in total. The number of hydrogen-bond acceptors (Lipinski definition) is 1. The first-order chi connectivity index (χ1) is 4.84. The Morgan fingerprint density at radius 1 is 1.30 bits per heavy atom. The average Bonchev–Trinajstić information content (AvgIpc) is 2.05. The van der Waals surface area contributed by atoms with Gasteiger partial charge in [0.15, 0.2) is 0 Å². The van der Waals surface area contributed by atoms with E-state index in [9.17, 15) is 0 Å². The van der Waals surface area contributed by atoms with Gasteiger partial charge in [0.2, 0.25) is 0 Å². The molecule has 2 N–H and O–H groups in total. The molecule has 1 atom stereocenters. The van der Waals surface area contributed by atoms with E-state index in [0.29, 0.717) is 6.04 Å². The van der Waals surface area contributed by atoms with Gasteiger partial charge in [-0.3, -0.25) is 0 Å². The maximum atomic E-state index is 5.89. The summed E-state index contributed by atoms with van der Waals surface area (Å²) in [6.07, 6.45) is 9.05. The molecule has 0 unspecified atom stereocenters. The van der Waals surface area contributed by atoms with Gasteiger partial charge in [0.1, 0.15) is 0 Å². The first kappa shape index (κ1) is 8.06. The molecule has 1 aliphatic rings. The Morgan fingerprint density at radius 2 is 1.90 bits per heavy atom. The normalized spacial score (nSPS) is 24.6. The molecule has 0 amide bonds. The van der Waals surface area contributed by atoms with Crippen LogP contribution < -0.4 is 5.73 Å². The number of rotatable bonds is 2. The Labute approximate surface area is 64.0 Å². The number of nitrogens with two attached hydrogens (primary N) is 1. The van der Waals surface area contributed by atoms with Crippen molar-refractivity contribution in [2.24, 2.45) is 11.7 Å². The predicted molar refractivity (Wildman–Crippen MR) is 44.5 cm³/mol. The van der Waals surface area contributed by atoms with Gasteiger partial charge in [-0.15, -0.1) is 0 Å². The molecule has 0 aromatic carbocycles. The molecule has 0 heterocycles. The molecule has 1 rings (SSSR count). The Hall–Kier alpha value is -0.0400. The van der Waals surface area contributed by atoms with Gasteiger partial charge in [0.05, 0.1) is 0 Å². The summed E-state index contributed by atoms with van der Waals surface area (Å²) in [5.41, 5.74) is 5.89. The van der Waals surface area contributed by atoms with E-state index in [0.717, 1.165) is 5.92 Å². The van der Waals surface area contributed by atoms with E-state index in [-0.39, 0.29) is 0 Å². The van der Waals surface area contributed by atoms with E-state index in [4.69, 9.17) is 5.73 Å². The van der Waals surface area contributed by atoms with Crippen LogP contribution in [0.2, 0.25) is 0 Å². The zero-order valence-electron chi connectivity index (χ0n) is 6.84. The fraction of sp³-hybridized carbons (Fsp3) is 0.889. The zero-order valence-corrected chi connectivity index (χ0v) is 6.84. The molecule has 10 heavy (non-hydrogen) atoms. The van der Waals surface area contributed by atoms with Crippen molar-refractivity contribution in [2.45, 2.75) is 45.1 Å². The fourth-order valence-electron chi connectivity index (χ4n) is 1.79. The minimum Gasteiger partial charge on any atom is -0.327 e. The van der Waals surface area contributed by atoms with E-state index in [1.807, 2.05) is 0 Å². The highest BCUT2D eigenvalue weighted by Gasteiger charge is 2.18. The van der Waals surface area contributed by atoms with E-state index in [1.54, 1.807) is 0 Å². The second-order valence-electron chi connectivity index (χ2n) is 3.31. The lowest BCUT2D eigenvalue weighted by Gasteiger charge is -2.26. The van der Waals surface area contributed by atoms with Crippen molar-refractivity contribution in [3.63, 3.8) is 0 Å². The van der Waals surface area contributed by atoms with Crippen molar-refractivity contribution >= 4 is 0 Å². The van der Waals surface area contributed by atoms with Crippen molar-refractivity contribution in [3.05, 3.63) is 6.42 Å². The molecule has 1 saturated carbocycles. The summed E-state index contributed by atoms with van der Waals surface area (Å²) < 4.78 is 0. The van der Waals surface area contributed by atoms with Gasteiger partial charge in [-0.25, -0.2) is 0 Å². The van der Waals surface area contributed by atoms with Gasteiger partial charge in [-0.2, -0.15) is 0 Å². The summed E-state index contributed by atoms with van der Waals surface area (Å²) in [7, 11) is 0. The summed E-state index contributed by atoms with van der Waals surface area (Å²) in [6.45, 7) is 2.07. The summed E-state index contributed by atoms with van der Waals surface area (Å²) in [5.74, 6) is 0.791. The molecule has 1 radical (unpaired) electrons. The Bertz CT molecular complexity index is 84.7. The molecule has 0 aromatic heterocycles. The van der Waals surface area contributed by atoms with Crippen LogP contribution in [0, 0.1) is 12.3 Å². The second-order valence-corrected chi connectivity index (χ2v) is 3.31. The SMILES string of the molecule is C[CH][C@H](N)C1CCCCC1. The van der Waals surface area contributed by atoms with Crippen molar-refractivity contribution in [3.8, 4) is 0 Å². The van der Waals surface area contributed by atoms with Crippen LogP contribution >= 0.6 is 0 Å². The summed E-state index contributed by atoms with van der Waals surface area (Å²) in [4.78, 5) is 0. The van der Waals surface area contributed by atoms with E-state index < -0.39 is 0 Å². The topological polar surface area (TPSA) is 26.0 Å². The van der Waals surface area contributed by atoms with Crippen molar-refractivity contribution in [1.82, 2.24) is 0 Å². The van der Waals surface area contributed by atoms with Gasteiger partial charge in [0, 0.05) is 6.04 Å². The molecular weight excluding hydrogens is 122 g/mol. The molecule has 0 aromatic rings. The monoisotopic (exact) mass is 140 g/mol. The molecular formula is C9H18N. The molecule has 1 heteroatoms. The summed E-state index contributed by atoms with van der Waals surface area (Å²) >= 11 is 0. The lowest BCUT2D eigenvalue weighted by Crippen LogP contribution is -2.31. The van der Waals surface area contributed by atoms with Crippen molar-refractivity contribution < 1.29 is 0 Å². The van der Waals surface area contributed by atoms with Crippen LogP contribution in [0.4, 0.5) is 0 Å². The summed E-state index contributed by atoms with van der Waals surface area (Å²) in [6, 6.07) is 0.361. The smallest absolute Gasteiger partial charge is 0.00961 e. The molecule has 59 valence electrons. The minimum absolute atomic E-state index is 0.361.